The molecule has 4 nitrogen and oxygen atoms in total. The highest BCUT2D eigenvalue weighted by Crippen LogP contribution is 2.29. The maximum atomic E-state index is 11.5. The van der Waals surface area contributed by atoms with Gasteiger partial charge in [0.05, 0.1) is 6.61 Å². The number of rotatable bonds is 4. The van der Waals surface area contributed by atoms with Crippen molar-refractivity contribution < 1.29 is 9.53 Å². The van der Waals surface area contributed by atoms with Crippen LogP contribution in [0.15, 0.2) is 12.1 Å². The molecule has 0 unspecified atom stereocenters. The Morgan fingerprint density at radius 1 is 1.44 bits per heavy atom. The van der Waals surface area contributed by atoms with Crippen LogP contribution in [0, 0.1) is 5.92 Å². The lowest BCUT2D eigenvalue weighted by molar-refractivity contribution is 0.0456. The van der Waals surface area contributed by atoms with Crippen molar-refractivity contribution >= 4 is 17.6 Å². The van der Waals surface area contributed by atoms with Crippen molar-refractivity contribution in [3.05, 3.63) is 23.0 Å². The molecule has 0 atom stereocenters. The Kier molecular flexibility index (Phi) is 3.72. The second-order valence-electron chi connectivity index (χ2n) is 3.96. The van der Waals surface area contributed by atoms with Gasteiger partial charge in [-0.1, -0.05) is 30.9 Å². The molecule has 0 radical (unpaired) electrons. The molecule has 0 aliphatic heterocycles. The predicted molar refractivity (Wildman–Crippen MR) is 59.3 cm³/mol. The molecule has 86 valence electrons. The molecule has 1 aliphatic rings. The topological polar surface area (TPSA) is 52.1 Å². The summed E-state index contributed by atoms with van der Waals surface area (Å²) in [6, 6.07) is 3.04. The van der Waals surface area contributed by atoms with Crippen molar-refractivity contribution in [2.75, 3.05) is 6.61 Å². The van der Waals surface area contributed by atoms with E-state index >= 15 is 0 Å². The monoisotopic (exact) mass is 240 g/mol. The normalized spacial score (nSPS) is 15.6. The van der Waals surface area contributed by atoms with E-state index in [0.717, 1.165) is 12.3 Å². The number of aromatic nitrogens is 2. The standard InChI is InChI=1S/C11H13ClN2O2/c12-10-5-4-9(13-14-10)11(15)16-7-6-8-2-1-3-8/h4-5,8H,1-3,6-7H2. The van der Waals surface area contributed by atoms with Crippen LogP contribution in [0.3, 0.4) is 0 Å². The highest BCUT2D eigenvalue weighted by Gasteiger charge is 2.18. The van der Waals surface area contributed by atoms with Gasteiger partial charge in [-0.2, -0.15) is 0 Å². The van der Waals surface area contributed by atoms with Gasteiger partial charge in [-0.15, -0.1) is 10.2 Å². The van der Waals surface area contributed by atoms with E-state index in [1.165, 1.54) is 31.4 Å². The minimum atomic E-state index is -0.427. The minimum Gasteiger partial charge on any atom is -0.461 e. The summed E-state index contributed by atoms with van der Waals surface area (Å²) in [4.78, 5) is 11.5. The summed E-state index contributed by atoms with van der Waals surface area (Å²) < 4.78 is 5.09. The summed E-state index contributed by atoms with van der Waals surface area (Å²) >= 11 is 5.56. The lowest BCUT2D eigenvalue weighted by Crippen LogP contribution is -2.16. The van der Waals surface area contributed by atoms with E-state index in [9.17, 15) is 4.79 Å². The van der Waals surface area contributed by atoms with Gasteiger partial charge in [0.25, 0.3) is 0 Å². The molecule has 0 spiro atoms. The van der Waals surface area contributed by atoms with Gasteiger partial charge in [-0.05, 0) is 24.5 Å². The highest BCUT2D eigenvalue weighted by atomic mass is 35.5. The van der Waals surface area contributed by atoms with Gasteiger partial charge in [-0.3, -0.25) is 0 Å². The van der Waals surface area contributed by atoms with E-state index in [1.54, 1.807) is 0 Å². The number of nitrogens with zero attached hydrogens (tertiary/aromatic N) is 2. The SMILES string of the molecule is O=C(OCCC1CCC1)c1ccc(Cl)nn1. The first-order valence-electron chi connectivity index (χ1n) is 5.42. The zero-order chi connectivity index (χ0) is 11.4. The molecule has 16 heavy (non-hydrogen) atoms. The lowest BCUT2D eigenvalue weighted by Gasteiger charge is -2.24. The Morgan fingerprint density at radius 2 is 2.25 bits per heavy atom. The Labute approximate surface area is 99.0 Å². The van der Waals surface area contributed by atoms with E-state index in [-0.39, 0.29) is 10.8 Å². The molecule has 1 aromatic heterocycles. The van der Waals surface area contributed by atoms with Crippen molar-refractivity contribution in [2.24, 2.45) is 5.92 Å². The average molecular weight is 241 g/mol. The zero-order valence-corrected chi connectivity index (χ0v) is 9.61. The number of halogens is 1. The first kappa shape index (κ1) is 11.3. The summed E-state index contributed by atoms with van der Waals surface area (Å²) in [6.45, 7) is 0.466. The molecule has 1 fully saturated rings. The van der Waals surface area contributed by atoms with Gasteiger partial charge in [0.15, 0.2) is 10.8 Å². The number of ether oxygens (including phenoxy) is 1. The predicted octanol–water partition coefficient (Wildman–Crippen LogP) is 2.48. The van der Waals surface area contributed by atoms with Crippen molar-refractivity contribution in [2.45, 2.75) is 25.7 Å². The summed E-state index contributed by atoms with van der Waals surface area (Å²) in [6.07, 6.45) is 4.78. The van der Waals surface area contributed by atoms with Crippen LogP contribution in [-0.2, 0) is 4.74 Å². The Morgan fingerprint density at radius 3 is 2.81 bits per heavy atom. The van der Waals surface area contributed by atoms with Crippen LogP contribution in [0.25, 0.3) is 0 Å². The molecule has 0 saturated heterocycles. The summed E-state index contributed by atoms with van der Waals surface area (Å²) in [5.41, 5.74) is 0.206. The van der Waals surface area contributed by atoms with Gasteiger partial charge in [0, 0.05) is 0 Å². The molecular weight excluding hydrogens is 228 g/mol. The van der Waals surface area contributed by atoms with E-state index in [4.69, 9.17) is 16.3 Å². The fourth-order valence-corrected chi connectivity index (χ4v) is 1.70. The Hall–Kier alpha value is -1.16. The van der Waals surface area contributed by atoms with Crippen molar-refractivity contribution in [3.63, 3.8) is 0 Å². The Bertz CT molecular complexity index is 363. The van der Waals surface area contributed by atoms with Crippen molar-refractivity contribution in [1.29, 1.82) is 0 Å². The van der Waals surface area contributed by atoms with Gasteiger partial charge in [0.2, 0.25) is 0 Å². The van der Waals surface area contributed by atoms with E-state index in [2.05, 4.69) is 10.2 Å². The second kappa shape index (κ2) is 5.25. The smallest absolute Gasteiger partial charge is 0.358 e. The number of carbonyl (C=O) groups is 1. The van der Waals surface area contributed by atoms with E-state index in [0.29, 0.717) is 6.61 Å². The zero-order valence-electron chi connectivity index (χ0n) is 8.86. The average Bonchev–Trinajstić information content (AvgIpc) is 2.22. The summed E-state index contributed by atoms with van der Waals surface area (Å²) in [5.74, 6) is 0.313. The van der Waals surface area contributed by atoms with Crippen LogP contribution >= 0.6 is 11.6 Å². The Balaban J connectivity index is 1.76. The molecule has 2 rings (SSSR count). The van der Waals surface area contributed by atoms with Crippen molar-refractivity contribution in [3.8, 4) is 0 Å². The fraction of sp³-hybridized carbons (Fsp3) is 0.545. The van der Waals surface area contributed by atoms with Crippen LogP contribution in [0.2, 0.25) is 5.15 Å². The molecule has 1 aromatic rings. The van der Waals surface area contributed by atoms with Gasteiger partial charge < -0.3 is 4.74 Å². The van der Waals surface area contributed by atoms with Crippen LogP contribution < -0.4 is 0 Å². The van der Waals surface area contributed by atoms with E-state index in [1.807, 2.05) is 0 Å². The van der Waals surface area contributed by atoms with Crippen LogP contribution in [0.1, 0.15) is 36.2 Å². The van der Waals surface area contributed by atoms with Gasteiger partial charge in [0.1, 0.15) is 0 Å². The summed E-state index contributed by atoms with van der Waals surface area (Å²) in [5, 5.41) is 7.51. The third kappa shape index (κ3) is 2.92. The molecule has 1 aliphatic carbocycles. The highest BCUT2D eigenvalue weighted by molar-refractivity contribution is 6.29. The third-order valence-electron chi connectivity index (χ3n) is 2.83. The number of esters is 1. The molecule has 1 saturated carbocycles. The first-order valence-corrected chi connectivity index (χ1v) is 5.80. The largest absolute Gasteiger partial charge is 0.461 e. The molecule has 5 heteroatoms. The molecule has 0 aromatic carbocycles. The molecule has 0 amide bonds. The quantitative estimate of drug-likeness (QED) is 0.759. The number of hydrogen-bond acceptors (Lipinski definition) is 4. The summed E-state index contributed by atoms with van der Waals surface area (Å²) in [7, 11) is 0. The van der Waals surface area contributed by atoms with Gasteiger partial charge in [-0.25, -0.2) is 4.79 Å². The maximum absolute atomic E-state index is 11.5. The molecule has 1 heterocycles. The molecular formula is C11H13ClN2O2. The van der Waals surface area contributed by atoms with E-state index < -0.39 is 5.97 Å². The molecule has 0 N–H and O–H groups in total. The molecule has 0 bridgehead atoms. The van der Waals surface area contributed by atoms with Crippen LogP contribution in [-0.4, -0.2) is 22.8 Å². The number of carbonyl (C=O) groups excluding carboxylic acids is 1. The first-order chi connectivity index (χ1) is 7.75. The minimum absolute atomic E-state index is 0.206. The van der Waals surface area contributed by atoms with Crippen LogP contribution in [0.5, 0.6) is 0 Å². The maximum Gasteiger partial charge on any atom is 0.358 e. The van der Waals surface area contributed by atoms with Gasteiger partial charge >= 0.3 is 5.97 Å². The second-order valence-corrected chi connectivity index (χ2v) is 4.35. The third-order valence-corrected chi connectivity index (χ3v) is 3.03. The lowest BCUT2D eigenvalue weighted by atomic mass is 9.83. The van der Waals surface area contributed by atoms with Crippen molar-refractivity contribution in [1.82, 2.24) is 10.2 Å². The fourth-order valence-electron chi connectivity index (χ4n) is 1.60. The van der Waals surface area contributed by atoms with Crippen LogP contribution in [0.4, 0.5) is 0 Å². The number of hydrogen-bond donors (Lipinski definition) is 0.